The minimum absolute atomic E-state index is 0.644. The lowest BCUT2D eigenvalue weighted by atomic mass is 10.1. The van der Waals surface area contributed by atoms with Crippen molar-refractivity contribution < 1.29 is 4.74 Å². The average molecular weight is 275 g/mol. The second-order valence-electron chi connectivity index (χ2n) is 4.54. The standard InChI is InChI=1S/C14H21N5O/c1-3-12-6-4-5-7-13(12)11-19-14(16-17-18-19)10-15-8-9-20-2/h4-7,15H,3,8-11H2,1-2H3. The van der Waals surface area contributed by atoms with E-state index in [2.05, 4.69) is 52.0 Å². The first-order valence-electron chi connectivity index (χ1n) is 6.86. The predicted octanol–water partition coefficient (Wildman–Crippen LogP) is 1.02. The zero-order chi connectivity index (χ0) is 14.2. The van der Waals surface area contributed by atoms with E-state index in [1.807, 2.05) is 4.68 Å². The van der Waals surface area contributed by atoms with Gasteiger partial charge in [-0.25, -0.2) is 4.68 Å². The molecule has 0 saturated heterocycles. The molecule has 2 rings (SSSR count). The van der Waals surface area contributed by atoms with Gasteiger partial charge in [-0.1, -0.05) is 31.2 Å². The zero-order valence-electron chi connectivity index (χ0n) is 12.0. The lowest BCUT2D eigenvalue weighted by molar-refractivity contribution is 0.198. The zero-order valence-corrected chi connectivity index (χ0v) is 12.0. The number of tetrazole rings is 1. The van der Waals surface area contributed by atoms with E-state index >= 15 is 0 Å². The molecule has 1 N–H and O–H groups in total. The van der Waals surface area contributed by atoms with Gasteiger partial charge < -0.3 is 10.1 Å². The first-order valence-corrected chi connectivity index (χ1v) is 6.86. The topological polar surface area (TPSA) is 64.9 Å². The number of benzene rings is 1. The van der Waals surface area contributed by atoms with Gasteiger partial charge in [-0.2, -0.15) is 0 Å². The molecule has 20 heavy (non-hydrogen) atoms. The number of nitrogens with zero attached hydrogens (tertiary/aromatic N) is 4. The molecule has 0 unspecified atom stereocenters. The first kappa shape index (κ1) is 14.6. The summed E-state index contributed by atoms with van der Waals surface area (Å²) < 4.78 is 6.84. The van der Waals surface area contributed by atoms with Crippen molar-refractivity contribution in [2.45, 2.75) is 26.4 Å². The maximum absolute atomic E-state index is 5.00. The van der Waals surface area contributed by atoms with Gasteiger partial charge in [0.15, 0.2) is 5.82 Å². The molecule has 1 aromatic heterocycles. The van der Waals surface area contributed by atoms with Crippen LogP contribution in [0, 0.1) is 0 Å². The molecule has 108 valence electrons. The molecule has 1 heterocycles. The van der Waals surface area contributed by atoms with E-state index in [1.165, 1.54) is 11.1 Å². The second-order valence-corrected chi connectivity index (χ2v) is 4.54. The Bertz CT molecular complexity index is 526. The molecule has 0 fully saturated rings. The Morgan fingerprint density at radius 2 is 2.05 bits per heavy atom. The number of methoxy groups -OCH3 is 1. The minimum atomic E-state index is 0.644. The van der Waals surface area contributed by atoms with Crippen molar-refractivity contribution in [2.24, 2.45) is 0 Å². The summed E-state index contributed by atoms with van der Waals surface area (Å²) in [7, 11) is 1.69. The largest absolute Gasteiger partial charge is 0.383 e. The van der Waals surface area contributed by atoms with Crippen LogP contribution in [-0.2, 0) is 24.2 Å². The van der Waals surface area contributed by atoms with Crippen LogP contribution in [0.5, 0.6) is 0 Å². The average Bonchev–Trinajstić information content (AvgIpc) is 2.91. The van der Waals surface area contributed by atoms with Gasteiger partial charge in [0.25, 0.3) is 0 Å². The highest BCUT2D eigenvalue weighted by Crippen LogP contribution is 2.11. The van der Waals surface area contributed by atoms with Crippen LogP contribution in [0.25, 0.3) is 0 Å². The molecular weight excluding hydrogens is 254 g/mol. The Balaban J connectivity index is 2.01. The Morgan fingerprint density at radius 3 is 2.80 bits per heavy atom. The van der Waals surface area contributed by atoms with Crippen LogP contribution in [-0.4, -0.2) is 40.5 Å². The number of aromatic nitrogens is 4. The molecule has 1 aromatic carbocycles. The SMILES string of the molecule is CCc1ccccc1Cn1nnnc1CNCCOC. The van der Waals surface area contributed by atoms with E-state index in [1.54, 1.807) is 7.11 Å². The van der Waals surface area contributed by atoms with Crippen LogP contribution in [0.1, 0.15) is 23.9 Å². The Labute approximate surface area is 119 Å². The Kier molecular flexibility index (Phi) is 5.64. The van der Waals surface area contributed by atoms with E-state index in [0.717, 1.165) is 18.8 Å². The molecule has 0 aliphatic rings. The number of hydrogen-bond donors (Lipinski definition) is 1. The van der Waals surface area contributed by atoms with Gasteiger partial charge in [0.05, 0.1) is 19.7 Å². The van der Waals surface area contributed by atoms with Crippen LogP contribution in [0.3, 0.4) is 0 Å². The first-order chi connectivity index (χ1) is 9.85. The third kappa shape index (κ3) is 3.85. The molecule has 0 spiro atoms. The van der Waals surface area contributed by atoms with Gasteiger partial charge in [0, 0.05) is 13.7 Å². The third-order valence-electron chi connectivity index (χ3n) is 3.19. The summed E-state index contributed by atoms with van der Waals surface area (Å²) in [6.07, 6.45) is 1.01. The number of nitrogens with one attached hydrogen (secondary N) is 1. The third-order valence-corrected chi connectivity index (χ3v) is 3.19. The van der Waals surface area contributed by atoms with Crippen LogP contribution in [0.15, 0.2) is 24.3 Å². The van der Waals surface area contributed by atoms with Crippen LogP contribution < -0.4 is 5.32 Å². The van der Waals surface area contributed by atoms with Crippen molar-refractivity contribution in [3.63, 3.8) is 0 Å². The highest BCUT2D eigenvalue weighted by Gasteiger charge is 2.08. The molecule has 0 radical (unpaired) electrons. The second kappa shape index (κ2) is 7.72. The van der Waals surface area contributed by atoms with Crippen molar-refractivity contribution in [1.29, 1.82) is 0 Å². The highest BCUT2D eigenvalue weighted by molar-refractivity contribution is 5.27. The quantitative estimate of drug-likeness (QED) is 0.729. The molecule has 2 aromatic rings. The van der Waals surface area contributed by atoms with Crippen molar-refractivity contribution in [1.82, 2.24) is 25.5 Å². The highest BCUT2D eigenvalue weighted by atomic mass is 16.5. The van der Waals surface area contributed by atoms with Crippen molar-refractivity contribution >= 4 is 0 Å². The summed E-state index contributed by atoms with van der Waals surface area (Å²) in [6.45, 7) is 4.98. The lowest BCUT2D eigenvalue weighted by Crippen LogP contribution is -2.21. The molecule has 0 saturated carbocycles. The van der Waals surface area contributed by atoms with E-state index in [-0.39, 0.29) is 0 Å². The lowest BCUT2D eigenvalue weighted by Gasteiger charge is -2.09. The van der Waals surface area contributed by atoms with Crippen LogP contribution in [0.2, 0.25) is 0 Å². The summed E-state index contributed by atoms with van der Waals surface area (Å²) in [4.78, 5) is 0. The summed E-state index contributed by atoms with van der Waals surface area (Å²) in [6, 6.07) is 8.39. The Morgan fingerprint density at radius 1 is 1.25 bits per heavy atom. The molecule has 6 heteroatoms. The van der Waals surface area contributed by atoms with Gasteiger partial charge >= 0.3 is 0 Å². The fourth-order valence-electron chi connectivity index (χ4n) is 2.07. The molecule has 0 amide bonds. The fourth-order valence-corrected chi connectivity index (χ4v) is 2.07. The molecular formula is C14H21N5O. The van der Waals surface area contributed by atoms with Gasteiger partial charge in [0.2, 0.25) is 0 Å². The number of ether oxygens (including phenoxy) is 1. The number of hydrogen-bond acceptors (Lipinski definition) is 5. The molecule has 0 atom stereocenters. The van der Waals surface area contributed by atoms with Crippen molar-refractivity contribution in [3.05, 3.63) is 41.2 Å². The van der Waals surface area contributed by atoms with Gasteiger partial charge in [0.1, 0.15) is 0 Å². The van der Waals surface area contributed by atoms with E-state index in [4.69, 9.17) is 4.74 Å². The Hall–Kier alpha value is -1.79. The smallest absolute Gasteiger partial charge is 0.165 e. The summed E-state index contributed by atoms with van der Waals surface area (Å²) in [5, 5.41) is 15.2. The monoisotopic (exact) mass is 275 g/mol. The normalized spacial score (nSPS) is 10.9. The van der Waals surface area contributed by atoms with Gasteiger partial charge in [-0.3, -0.25) is 0 Å². The maximum atomic E-state index is 5.00. The molecule has 0 aliphatic heterocycles. The van der Waals surface area contributed by atoms with E-state index in [0.29, 0.717) is 19.7 Å². The minimum Gasteiger partial charge on any atom is -0.383 e. The van der Waals surface area contributed by atoms with E-state index in [9.17, 15) is 0 Å². The molecule has 0 aliphatic carbocycles. The predicted molar refractivity (Wildman–Crippen MR) is 76.3 cm³/mol. The fraction of sp³-hybridized carbons (Fsp3) is 0.500. The number of rotatable bonds is 8. The van der Waals surface area contributed by atoms with E-state index < -0.39 is 0 Å². The van der Waals surface area contributed by atoms with Gasteiger partial charge in [-0.15, -0.1) is 5.10 Å². The molecule has 0 bridgehead atoms. The summed E-state index contributed by atoms with van der Waals surface area (Å²) in [5.41, 5.74) is 2.60. The van der Waals surface area contributed by atoms with Crippen LogP contribution >= 0.6 is 0 Å². The summed E-state index contributed by atoms with van der Waals surface area (Å²) in [5.74, 6) is 0.840. The molecule has 6 nitrogen and oxygen atoms in total. The maximum Gasteiger partial charge on any atom is 0.165 e. The van der Waals surface area contributed by atoms with Crippen molar-refractivity contribution in [3.8, 4) is 0 Å². The number of aryl methyl sites for hydroxylation is 1. The van der Waals surface area contributed by atoms with Crippen molar-refractivity contribution in [2.75, 3.05) is 20.3 Å². The van der Waals surface area contributed by atoms with Gasteiger partial charge in [-0.05, 0) is 28.0 Å². The van der Waals surface area contributed by atoms with Crippen LogP contribution in [0.4, 0.5) is 0 Å². The summed E-state index contributed by atoms with van der Waals surface area (Å²) >= 11 is 0.